The molecule has 294 valence electrons. The summed E-state index contributed by atoms with van der Waals surface area (Å²) in [7, 11) is -4.39. The molecule has 0 aromatic carbocycles. The third kappa shape index (κ3) is 37.3. The number of ether oxygens (including phenoxy) is 2. The van der Waals surface area contributed by atoms with Gasteiger partial charge >= 0.3 is 19.8 Å². The Kier molecular flexibility index (Phi) is 35.8. The maximum absolute atomic E-state index is 12.5. The van der Waals surface area contributed by atoms with Gasteiger partial charge < -0.3 is 20.1 Å². The standard InChI is InChI=1S/C41H72NO8P/c1-3-5-7-9-11-13-15-17-18-19-20-22-23-25-27-29-31-33-40(43)47-37-39(38-49-51(45,46)48-36-35-42)50-41(44)34-32-30-28-26-24-21-16-14-12-10-8-6-4-2/h11,13-14,16-18,20,22,25,27,39H,3-10,12,15,19,21,23-24,26,28-38,42H2,1-2H3,(H,45,46). The number of carbonyl (C=O) groups excluding carboxylic acids is 2. The molecule has 10 heteroatoms. The van der Waals surface area contributed by atoms with Crippen LogP contribution in [0.15, 0.2) is 60.8 Å². The molecule has 0 saturated carbocycles. The summed E-state index contributed by atoms with van der Waals surface area (Å²) in [6.45, 7) is 3.59. The monoisotopic (exact) mass is 737 g/mol. The van der Waals surface area contributed by atoms with Crippen molar-refractivity contribution in [3.8, 4) is 0 Å². The molecule has 0 aliphatic rings. The van der Waals surface area contributed by atoms with Crippen LogP contribution in [0.5, 0.6) is 0 Å². The molecule has 0 radical (unpaired) electrons. The van der Waals surface area contributed by atoms with Gasteiger partial charge in [-0.15, -0.1) is 0 Å². The van der Waals surface area contributed by atoms with Gasteiger partial charge in [0.2, 0.25) is 0 Å². The van der Waals surface area contributed by atoms with Crippen molar-refractivity contribution in [2.45, 2.75) is 161 Å². The molecule has 0 saturated heterocycles. The second-order valence-corrected chi connectivity index (χ2v) is 14.2. The molecule has 0 heterocycles. The van der Waals surface area contributed by atoms with Crippen LogP contribution in [0.2, 0.25) is 0 Å². The Hall–Kier alpha value is -2.29. The van der Waals surface area contributed by atoms with E-state index < -0.39 is 32.5 Å². The molecule has 0 bridgehead atoms. The molecule has 0 amide bonds. The topological polar surface area (TPSA) is 134 Å². The van der Waals surface area contributed by atoms with Gasteiger partial charge in [0.1, 0.15) is 6.61 Å². The maximum atomic E-state index is 12.5. The molecule has 9 nitrogen and oxygen atoms in total. The van der Waals surface area contributed by atoms with Gasteiger partial charge in [0, 0.05) is 19.4 Å². The molecule has 3 N–H and O–H groups in total. The predicted octanol–water partition coefficient (Wildman–Crippen LogP) is 10.9. The van der Waals surface area contributed by atoms with Crippen LogP contribution in [0.4, 0.5) is 0 Å². The number of nitrogens with two attached hydrogens (primary N) is 1. The fraction of sp³-hybridized carbons (Fsp3) is 0.707. The van der Waals surface area contributed by atoms with Crippen LogP contribution < -0.4 is 5.73 Å². The zero-order valence-electron chi connectivity index (χ0n) is 32.1. The summed E-state index contributed by atoms with van der Waals surface area (Å²) in [4.78, 5) is 34.7. The third-order valence-electron chi connectivity index (χ3n) is 7.88. The first-order valence-electron chi connectivity index (χ1n) is 19.8. The number of allylic oxidation sites excluding steroid dienone is 10. The number of phosphoric acid groups is 1. The zero-order chi connectivity index (χ0) is 37.5. The van der Waals surface area contributed by atoms with Crippen LogP contribution in [0.25, 0.3) is 0 Å². The highest BCUT2D eigenvalue weighted by Crippen LogP contribution is 2.43. The van der Waals surface area contributed by atoms with Gasteiger partial charge in [-0.3, -0.25) is 18.6 Å². The number of hydrogen-bond acceptors (Lipinski definition) is 8. The number of phosphoric ester groups is 1. The lowest BCUT2D eigenvalue weighted by molar-refractivity contribution is -0.161. The predicted molar refractivity (Wildman–Crippen MR) is 210 cm³/mol. The van der Waals surface area contributed by atoms with Gasteiger partial charge in [-0.2, -0.15) is 0 Å². The molecule has 0 spiro atoms. The van der Waals surface area contributed by atoms with E-state index in [2.05, 4.69) is 68.5 Å². The number of rotatable bonds is 36. The quantitative estimate of drug-likeness (QED) is 0.0279. The molecular formula is C41H72NO8P. The molecular weight excluding hydrogens is 665 g/mol. The molecule has 0 aromatic rings. The van der Waals surface area contributed by atoms with Crippen molar-refractivity contribution in [2.24, 2.45) is 5.73 Å². The highest BCUT2D eigenvalue weighted by atomic mass is 31.2. The van der Waals surface area contributed by atoms with Crippen molar-refractivity contribution >= 4 is 19.8 Å². The van der Waals surface area contributed by atoms with Gasteiger partial charge in [-0.05, 0) is 77.0 Å². The highest BCUT2D eigenvalue weighted by molar-refractivity contribution is 7.47. The Bertz CT molecular complexity index is 1020. The molecule has 2 atom stereocenters. The summed E-state index contributed by atoms with van der Waals surface area (Å²) in [6, 6.07) is 0. The van der Waals surface area contributed by atoms with Crippen molar-refractivity contribution in [1.29, 1.82) is 0 Å². The smallest absolute Gasteiger partial charge is 0.462 e. The summed E-state index contributed by atoms with van der Waals surface area (Å²) in [5.74, 6) is -0.910. The minimum Gasteiger partial charge on any atom is -0.462 e. The first-order chi connectivity index (χ1) is 24.8. The Morgan fingerprint density at radius 1 is 0.588 bits per heavy atom. The van der Waals surface area contributed by atoms with Crippen LogP contribution in [-0.4, -0.2) is 49.3 Å². The van der Waals surface area contributed by atoms with Crippen molar-refractivity contribution in [1.82, 2.24) is 0 Å². The summed E-state index contributed by atoms with van der Waals surface area (Å²) in [5, 5.41) is 0. The lowest BCUT2D eigenvalue weighted by Crippen LogP contribution is -2.29. The zero-order valence-corrected chi connectivity index (χ0v) is 33.0. The Labute approximate surface area is 310 Å². The molecule has 0 rings (SSSR count). The van der Waals surface area contributed by atoms with Gasteiger partial charge in [0.25, 0.3) is 0 Å². The van der Waals surface area contributed by atoms with E-state index in [0.717, 1.165) is 64.2 Å². The Morgan fingerprint density at radius 3 is 1.63 bits per heavy atom. The van der Waals surface area contributed by atoms with Crippen LogP contribution in [0.3, 0.4) is 0 Å². The van der Waals surface area contributed by atoms with E-state index in [0.29, 0.717) is 12.8 Å². The molecule has 0 aromatic heterocycles. The fourth-order valence-corrected chi connectivity index (χ4v) is 5.68. The second-order valence-electron chi connectivity index (χ2n) is 12.8. The molecule has 2 unspecified atom stereocenters. The third-order valence-corrected chi connectivity index (χ3v) is 8.86. The van der Waals surface area contributed by atoms with Gasteiger partial charge in [0.05, 0.1) is 13.2 Å². The SMILES string of the molecule is CCCCCC=CCC=CCC=CCC=CCCCC(=O)OCC(COP(=O)(O)OCCN)OC(=O)CCCCCCCC=CCCCCCC. The minimum absolute atomic E-state index is 0.0425. The first-order valence-corrected chi connectivity index (χ1v) is 21.3. The molecule has 51 heavy (non-hydrogen) atoms. The first kappa shape index (κ1) is 48.7. The van der Waals surface area contributed by atoms with Crippen molar-refractivity contribution in [3.05, 3.63) is 60.8 Å². The van der Waals surface area contributed by atoms with E-state index in [4.69, 9.17) is 24.3 Å². The summed E-state index contributed by atoms with van der Waals surface area (Å²) < 4.78 is 32.6. The number of unbranched alkanes of at least 4 members (excludes halogenated alkanes) is 13. The van der Waals surface area contributed by atoms with E-state index in [1.165, 1.54) is 51.4 Å². The van der Waals surface area contributed by atoms with E-state index >= 15 is 0 Å². The number of hydrogen-bond donors (Lipinski definition) is 2. The molecule has 0 aliphatic carbocycles. The normalized spacial score (nSPS) is 14.0. The molecule has 0 fully saturated rings. The summed E-state index contributed by atoms with van der Waals surface area (Å²) in [5.41, 5.74) is 5.33. The fourth-order valence-electron chi connectivity index (χ4n) is 4.91. The van der Waals surface area contributed by atoms with Crippen molar-refractivity contribution in [3.63, 3.8) is 0 Å². The van der Waals surface area contributed by atoms with Crippen LogP contribution in [-0.2, 0) is 32.7 Å². The van der Waals surface area contributed by atoms with Crippen LogP contribution >= 0.6 is 7.82 Å². The highest BCUT2D eigenvalue weighted by Gasteiger charge is 2.25. The van der Waals surface area contributed by atoms with Crippen LogP contribution in [0, 0.1) is 0 Å². The lowest BCUT2D eigenvalue weighted by Gasteiger charge is -2.19. The number of esters is 2. The van der Waals surface area contributed by atoms with E-state index in [1.807, 2.05) is 6.08 Å². The van der Waals surface area contributed by atoms with Gasteiger partial charge in [-0.25, -0.2) is 4.57 Å². The van der Waals surface area contributed by atoms with Crippen LogP contribution in [0.1, 0.15) is 155 Å². The van der Waals surface area contributed by atoms with Crippen molar-refractivity contribution in [2.75, 3.05) is 26.4 Å². The Morgan fingerprint density at radius 2 is 1.04 bits per heavy atom. The van der Waals surface area contributed by atoms with Gasteiger partial charge in [-0.1, -0.05) is 126 Å². The Balaban J connectivity index is 4.33. The van der Waals surface area contributed by atoms with E-state index in [9.17, 15) is 19.0 Å². The average molecular weight is 738 g/mol. The summed E-state index contributed by atoms with van der Waals surface area (Å²) in [6.07, 6.45) is 42.5. The van der Waals surface area contributed by atoms with Crippen molar-refractivity contribution < 1.29 is 37.6 Å². The van der Waals surface area contributed by atoms with E-state index in [-0.39, 0.29) is 32.6 Å². The largest absolute Gasteiger partial charge is 0.472 e. The maximum Gasteiger partial charge on any atom is 0.472 e. The number of carbonyl (C=O) groups is 2. The minimum atomic E-state index is -4.39. The average Bonchev–Trinajstić information content (AvgIpc) is 3.11. The second kappa shape index (κ2) is 37.5. The van der Waals surface area contributed by atoms with Gasteiger partial charge in [0.15, 0.2) is 6.10 Å². The van der Waals surface area contributed by atoms with E-state index in [1.54, 1.807) is 0 Å². The molecule has 0 aliphatic heterocycles. The lowest BCUT2D eigenvalue weighted by atomic mass is 10.1. The summed E-state index contributed by atoms with van der Waals surface area (Å²) >= 11 is 0.